The zero-order valence-electron chi connectivity index (χ0n) is 9.62. The first-order valence-electron chi connectivity index (χ1n) is 4.98. The number of hydrogen-bond acceptors (Lipinski definition) is 3. The van der Waals surface area contributed by atoms with E-state index in [4.69, 9.17) is 0 Å². The van der Waals surface area contributed by atoms with Crippen molar-refractivity contribution in [3.63, 3.8) is 0 Å². The second-order valence-electron chi connectivity index (χ2n) is 4.10. The summed E-state index contributed by atoms with van der Waals surface area (Å²) < 4.78 is 0. The van der Waals surface area contributed by atoms with Crippen LogP contribution < -0.4 is 0 Å². The Balaban J connectivity index is 3.84. The number of rotatable bonds is 6. The molecule has 0 amide bonds. The van der Waals surface area contributed by atoms with Crippen LogP contribution in [-0.4, -0.2) is 61.8 Å². The highest BCUT2D eigenvalue weighted by Gasteiger charge is 2.18. The summed E-state index contributed by atoms with van der Waals surface area (Å²) in [7, 11) is 8.10. The molecule has 0 heterocycles. The molecule has 13 heavy (non-hydrogen) atoms. The van der Waals surface area contributed by atoms with Crippen molar-refractivity contribution in [3.8, 4) is 0 Å². The van der Waals surface area contributed by atoms with Crippen LogP contribution in [0.1, 0.15) is 19.8 Å². The number of likely N-dealkylation sites (N-methyl/N-ethyl adjacent to an activating group) is 1. The van der Waals surface area contributed by atoms with Crippen LogP contribution in [0.3, 0.4) is 0 Å². The molecule has 0 spiro atoms. The summed E-state index contributed by atoms with van der Waals surface area (Å²) in [4.78, 5) is 4.20. The van der Waals surface area contributed by atoms with Gasteiger partial charge in [-0.3, -0.25) is 0 Å². The van der Waals surface area contributed by atoms with E-state index in [1.807, 2.05) is 28.2 Å². The third-order valence-electron chi connectivity index (χ3n) is 2.40. The van der Waals surface area contributed by atoms with Gasteiger partial charge in [-0.15, -0.1) is 0 Å². The summed E-state index contributed by atoms with van der Waals surface area (Å²) in [6.45, 7) is 3.06. The second kappa shape index (κ2) is 6.35. The molecule has 3 heteroatoms. The summed E-state index contributed by atoms with van der Waals surface area (Å²) in [5.74, 6) is 0. The molecule has 80 valence electrons. The molecule has 0 fully saturated rings. The molecule has 2 unspecified atom stereocenters. The average molecular weight is 188 g/mol. The van der Waals surface area contributed by atoms with Crippen molar-refractivity contribution in [2.75, 3.05) is 34.7 Å². The molecule has 0 aliphatic carbocycles. The predicted octanol–water partition coefficient (Wildman–Crippen LogP) is 0.639. The first-order chi connectivity index (χ1) is 5.99. The Labute approximate surface area is 82.3 Å². The summed E-state index contributed by atoms with van der Waals surface area (Å²) in [5, 5.41) is 9.86. The van der Waals surface area contributed by atoms with Gasteiger partial charge >= 0.3 is 0 Å². The average Bonchev–Trinajstić information content (AvgIpc) is 2.01. The minimum absolute atomic E-state index is 0.206. The lowest BCUT2D eigenvalue weighted by Gasteiger charge is -2.28. The van der Waals surface area contributed by atoms with Gasteiger partial charge in [0.1, 0.15) is 0 Å². The van der Waals surface area contributed by atoms with E-state index >= 15 is 0 Å². The monoisotopic (exact) mass is 188 g/mol. The van der Waals surface area contributed by atoms with Gasteiger partial charge in [0.15, 0.2) is 0 Å². The fourth-order valence-corrected chi connectivity index (χ4v) is 1.56. The third-order valence-corrected chi connectivity index (χ3v) is 2.40. The highest BCUT2D eigenvalue weighted by atomic mass is 16.3. The molecular formula is C10H24N2O. The third kappa shape index (κ3) is 5.24. The Morgan fingerprint density at radius 3 is 2.00 bits per heavy atom. The van der Waals surface area contributed by atoms with Crippen LogP contribution in [0, 0.1) is 0 Å². The van der Waals surface area contributed by atoms with Crippen LogP contribution in [0.15, 0.2) is 0 Å². The molecule has 1 N–H and O–H groups in total. The standard InChI is InChI=1S/C10H24N2O/c1-6-9(12(4)5)10(13)7-8-11(2)3/h9-10,13H,6-8H2,1-5H3. The minimum Gasteiger partial charge on any atom is -0.391 e. The molecule has 2 atom stereocenters. The van der Waals surface area contributed by atoms with Gasteiger partial charge in [-0.25, -0.2) is 0 Å². The molecule has 0 aromatic carbocycles. The summed E-state index contributed by atoms with van der Waals surface area (Å²) >= 11 is 0. The molecule has 0 rings (SSSR count). The Bertz CT molecular complexity index is 126. The maximum absolute atomic E-state index is 9.86. The molecule has 3 nitrogen and oxygen atoms in total. The molecule has 0 saturated heterocycles. The van der Waals surface area contributed by atoms with Gasteiger partial charge in [0.2, 0.25) is 0 Å². The SMILES string of the molecule is CCC(C(O)CCN(C)C)N(C)C. The maximum atomic E-state index is 9.86. The van der Waals surface area contributed by atoms with Gasteiger partial charge in [-0.1, -0.05) is 6.92 Å². The maximum Gasteiger partial charge on any atom is 0.0707 e. The van der Waals surface area contributed by atoms with Crippen LogP contribution in [0.25, 0.3) is 0 Å². The molecule has 0 radical (unpaired) electrons. The highest BCUT2D eigenvalue weighted by Crippen LogP contribution is 2.08. The number of aliphatic hydroxyl groups is 1. The molecule has 0 aliphatic heterocycles. The first-order valence-corrected chi connectivity index (χ1v) is 4.98. The molecule has 0 aliphatic rings. The number of hydrogen-bond donors (Lipinski definition) is 1. The molecule has 0 bridgehead atoms. The Kier molecular flexibility index (Phi) is 6.29. The van der Waals surface area contributed by atoms with Crippen molar-refractivity contribution in [3.05, 3.63) is 0 Å². The largest absolute Gasteiger partial charge is 0.391 e. The lowest BCUT2D eigenvalue weighted by molar-refractivity contribution is 0.0614. The lowest BCUT2D eigenvalue weighted by Crippen LogP contribution is -2.39. The second-order valence-corrected chi connectivity index (χ2v) is 4.10. The molecule has 0 aromatic heterocycles. The molecular weight excluding hydrogens is 164 g/mol. The fraction of sp³-hybridized carbons (Fsp3) is 1.00. The van der Waals surface area contributed by atoms with E-state index < -0.39 is 0 Å². The van der Waals surface area contributed by atoms with Crippen LogP contribution in [0.4, 0.5) is 0 Å². The van der Waals surface area contributed by atoms with E-state index in [0.29, 0.717) is 6.04 Å². The summed E-state index contributed by atoms with van der Waals surface area (Å²) in [6, 6.07) is 0.292. The summed E-state index contributed by atoms with van der Waals surface area (Å²) in [6.07, 6.45) is 1.65. The van der Waals surface area contributed by atoms with Crippen molar-refractivity contribution in [1.29, 1.82) is 0 Å². The van der Waals surface area contributed by atoms with Crippen molar-refractivity contribution in [2.24, 2.45) is 0 Å². The van der Waals surface area contributed by atoms with Crippen LogP contribution in [0.5, 0.6) is 0 Å². The van der Waals surface area contributed by atoms with Crippen LogP contribution >= 0.6 is 0 Å². The minimum atomic E-state index is -0.206. The molecule has 0 saturated carbocycles. The van der Waals surface area contributed by atoms with Gasteiger partial charge in [-0.05, 0) is 41.0 Å². The van der Waals surface area contributed by atoms with E-state index in [0.717, 1.165) is 19.4 Å². The smallest absolute Gasteiger partial charge is 0.0707 e. The summed E-state index contributed by atoms with van der Waals surface area (Å²) in [5.41, 5.74) is 0. The van der Waals surface area contributed by atoms with E-state index in [9.17, 15) is 5.11 Å². The van der Waals surface area contributed by atoms with Gasteiger partial charge in [-0.2, -0.15) is 0 Å². The van der Waals surface area contributed by atoms with Gasteiger partial charge in [0, 0.05) is 12.6 Å². The predicted molar refractivity (Wildman–Crippen MR) is 56.9 cm³/mol. The quantitative estimate of drug-likeness (QED) is 0.662. The van der Waals surface area contributed by atoms with Gasteiger partial charge in [0.25, 0.3) is 0 Å². The van der Waals surface area contributed by atoms with Crippen molar-refractivity contribution >= 4 is 0 Å². The normalized spacial score (nSPS) is 16.6. The Hall–Kier alpha value is -0.120. The van der Waals surface area contributed by atoms with Crippen molar-refractivity contribution < 1.29 is 5.11 Å². The zero-order valence-corrected chi connectivity index (χ0v) is 9.62. The molecule has 0 aromatic rings. The van der Waals surface area contributed by atoms with E-state index in [1.165, 1.54) is 0 Å². The van der Waals surface area contributed by atoms with E-state index in [-0.39, 0.29) is 6.10 Å². The van der Waals surface area contributed by atoms with Crippen LogP contribution in [0.2, 0.25) is 0 Å². The van der Waals surface area contributed by atoms with Crippen molar-refractivity contribution in [2.45, 2.75) is 31.9 Å². The lowest BCUT2D eigenvalue weighted by atomic mass is 10.0. The zero-order chi connectivity index (χ0) is 10.4. The van der Waals surface area contributed by atoms with Crippen LogP contribution in [-0.2, 0) is 0 Å². The topological polar surface area (TPSA) is 26.7 Å². The van der Waals surface area contributed by atoms with E-state index in [2.05, 4.69) is 16.7 Å². The van der Waals surface area contributed by atoms with Gasteiger partial charge < -0.3 is 14.9 Å². The fourth-order valence-electron chi connectivity index (χ4n) is 1.56. The highest BCUT2D eigenvalue weighted by molar-refractivity contribution is 4.74. The van der Waals surface area contributed by atoms with Gasteiger partial charge in [0.05, 0.1) is 6.10 Å². The number of aliphatic hydroxyl groups excluding tert-OH is 1. The Morgan fingerprint density at radius 2 is 1.69 bits per heavy atom. The van der Waals surface area contributed by atoms with Crippen molar-refractivity contribution in [1.82, 2.24) is 9.80 Å². The Morgan fingerprint density at radius 1 is 1.15 bits per heavy atom. The van der Waals surface area contributed by atoms with E-state index in [1.54, 1.807) is 0 Å². The number of nitrogens with zero attached hydrogens (tertiary/aromatic N) is 2. The first kappa shape index (κ1) is 12.9.